The van der Waals surface area contributed by atoms with Crippen molar-refractivity contribution in [1.82, 2.24) is 9.88 Å². The molecule has 2 aromatic carbocycles. The van der Waals surface area contributed by atoms with Crippen molar-refractivity contribution in [1.29, 1.82) is 0 Å². The Balaban J connectivity index is 1.32. The highest BCUT2D eigenvalue weighted by molar-refractivity contribution is 5.60. The Hall–Kier alpha value is -3.17. The molecular formula is C33H36N2O6. The number of nitrogens with zero attached hydrogens (tertiary/aromatic N) is 2. The summed E-state index contributed by atoms with van der Waals surface area (Å²) in [6.07, 6.45) is 1.25. The SMILES string of the molecule is COc1cc2c(c(OC)n1)[C@]1(O)[C@H](O)[C@H](CN3CC4(COC4)C3)[C@@H](c3ccccc3)[C@]1(c1ccc(C3CC3)cc1)O2. The summed E-state index contributed by atoms with van der Waals surface area (Å²) in [6, 6.07) is 20.3. The van der Waals surface area contributed by atoms with Crippen LogP contribution in [0.15, 0.2) is 60.7 Å². The lowest BCUT2D eigenvalue weighted by Crippen LogP contribution is -2.66. The Kier molecular flexibility index (Phi) is 5.55. The zero-order chi connectivity index (χ0) is 28.0. The standard InChI is InChI=1S/C33H36N2O6/c1-38-26-14-25-28(30(34-26)39-2)32(37)29(36)24(15-35-16-31(17-35)18-40-19-31)27(22-6-4-3-5-7-22)33(32,41-25)23-12-10-21(11-13-23)20-8-9-20/h3-7,10-14,20,24,27,29,36-37H,8-9,15-19H2,1-2H3/t24-,27-,29-,32+,33+/m1/s1. The number of aliphatic hydroxyl groups excluding tert-OH is 1. The average molecular weight is 557 g/mol. The van der Waals surface area contributed by atoms with Gasteiger partial charge in [0.25, 0.3) is 0 Å². The van der Waals surface area contributed by atoms with E-state index in [0.717, 1.165) is 37.4 Å². The van der Waals surface area contributed by atoms with Crippen molar-refractivity contribution >= 4 is 0 Å². The Morgan fingerprint density at radius 2 is 1.71 bits per heavy atom. The number of rotatable bonds is 7. The molecule has 2 aliphatic carbocycles. The van der Waals surface area contributed by atoms with Gasteiger partial charge in [-0.2, -0.15) is 4.98 Å². The summed E-state index contributed by atoms with van der Waals surface area (Å²) in [6.45, 7) is 4.07. The fraction of sp³-hybridized carbons (Fsp3) is 0.485. The summed E-state index contributed by atoms with van der Waals surface area (Å²) in [5.74, 6) is 0.822. The third-order valence-electron chi connectivity index (χ3n) is 10.2. The quantitative estimate of drug-likeness (QED) is 0.457. The number of hydrogen-bond acceptors (Lipinski definition) is 8. The molecule has 4 fully saturated rings. The summed E-state index contributed by atoms with van der Waals surface area (Å²) in [7, 11) is 3.05. The van der Waals surface area contributed by atoms with E-state index in [9.17, 15) is 10.2 Å². The first-order chi connectivity index (χ1) is 19.9. The number of hydrogen-bond donors (Lipinski definition) is 2. The van der Waals surface area contributed by atoms with E-state index in [0.29, 0.717) is 29.7 Å². The van der Waals surface area contributed by atoms with E-state index in [4.69, 9.17) is 18.9 Å². The Morgan fingerprint density at radius 1 is 0.976 bits per heavy atom. The molecule has 41 heavy (non-hydrogen) atoms. The van der Waals surface area contributed by atoms with Crippen LogP contribution in [-0.2, 0) is 15.9 Å². The van der Waals surface area contributed by atoms with Gasteiger partial charge in [0.05, 0.1) is 39.1 Å². The summed E-state index contributed by atoms with van der Waals surface area (Å²) in [5.41, 5.74) is 0.577. The molecule has 2 saturated carbocycles. The van der Waals surface area contributed by atoms with Crippen molar-refractivity contribution in [3.05, 3.63) is 82.9 Å². The molecular weight excluding hydrogens is 520 g/mol. The van der Waals surface area contributed by atoms with Gasteiger partial charge in [-0.1, -0.05) is 54.6 Å². The van der Waals surface area contributed by atoms with Gasteiger partial charge in [0, 0.05) is 43.0 Å². The van der Waals surface area contributed by atoms with Crippen LogP contribution in [0.3, 0.4) is 0 Å². The third-order valence-corrected chi connectivity index (χ3v) is 10.2. The molecule has 4 heterocycles. The first-order valence-corrected chi connectivity index (χ1v) is 14.6. The highest BCUT2D eigenvalue weighted by Crippen LogP contribution is 2.70. The molecule has 0 unspecified atom stereocenters. The lowest BCUT2D eigenvalue weighted by molar-refractivity contribution is -0.194. The maximum Gasteiger partial charge on any atom is 0.226 e. The lowest BCUT2D eigenvalue weighted by atomic mass is 9.70. The summed E-state index contributed by atoms with van der Waals surface area (Å²) in [4.78, 5) is 6.90. The number of aromatic nitrogens is 1. The minimum Gasteiger partial charge on any atom is -0.481 e. The predicted molar refractivity (Wildman–Crippen MR) is 150 cm³/mol. The van der Waals surface area contributed by atoms with Crippen LogP contribution in [0.2, 0.25) is 0 Å². The second-order valence-electron chi connectivity index (χ2n) is 12.7. The van der Waals surface area contributed by atoms with Crippen LogP contribution in [0.1, 0.15) is 46.9 Å². The second kappa shape index (κ2) is 8.91. The minimum absolute atomic E-state index is 0.194. The number of likely N-dealkylation sites (tertiary alicyclic amines) is 1. The fourth-order valence-electron chi connectivity index (χ4n) is 8.19. The zero-order valence-corrected chi connectivity index (χ0v) is 23.5. The highest BCUT2D eigenvalue weighted by Gasteiger charge is 2.77. The number of pyridine rings is 1. The second-order valence-corrected chi connectivity index (χ2v) is 12.7. The van der Waals surface area contributed by atoms with Gasteiger partial charge in [-0.05, 0) is 35.4 Å². The van der Waals surface area contributed by atoms with Gasteiger partial charge in [0.2, 0.25) is 11.8 Å². The molecule has 214 valence electrons. The van der Waals surface area contributed by atoms with E-state index >= 15 is 0 Å². The molecule has 0 amide bonds. The van der Waals surface area contributed by atoms with E-state index in [1.165, 1.54) is 32.6 Å². The van der Waals surface area contributed by atoms with E-state index in [1.54, 1.807) is 6.07 Å². The number of fused-ring (bicyclic) bond motifs is 3. The maximum atomic E-state index is 13.1. The van der Waals surface area contributed by atoms with Gasteiger partial charge < -0.3 is 34.1 Å². The molecule has 1 spiro atoms. The molecule has 2 N–H and O–H groups in total. The molecule has 3 aromatic rings. The van der Waals surface area contributed by atoms with Crippen molar-refractivity contribution in [3.8, 4) is 17.5 Å². The smallest absolute Gasteiger partial charge is 0.226 e. The van der Waals surface area contributed by atoms with E-state index in [-0.39, 0.29) is 23.1 Å². The van der Waals surface area contributed by atoms with Crippen LogP contribution in [0.4, 0.5) is 0 Å². The molecule has 5 atom stereocenters. The fourth-order valence-corrected chi connectivity index (χ4v) is 8.19. The van der Waals surface area contributed by atoms with Crippen LogP contribution in [0.25, 0.3) is 0 Å². The molecule has 1 aromatic heterocycles. The lowest BCUT2D eigenvalue weighted by Gasteiger charge is -2.56. The van der Waals surface area contributed by atoms with Gasteiger partial charge in [0.1, 0.15) is 5.75 Å². The Bertz CT molecular complexity index is 1470. The molecule has 8 heteroatoms. The topological polar surface area (TPSA) is 93.5 Å². The average Bonchev–Trinajstić information content (AvgIpc) is 3.74. The van der Waals surface area contributed by atoms with Crippen LogP contribution in [-0.4, -0.2) is 73.3 Å². The van der Waals surface area contributed by atoms with Crippen molar-refractivity contribution in [2.75, 3.05) is 47.1 Å². The predicted octanol–water partition coefficient (Wildman–Crippen LogP) is 3.56. The normalized spacial score (nSPS) is 32.9. The highest BCUT2D eigenvalue weighted by atomic mass is 16.5. The first kappa shape index (κ1) is 25.5. The van der Waals surface area contributed by atoms with Crippen LogP contribution in [0.5, 0.6) is 17.5 Å². The van der Waals surface area contributed by atoms with Crippen molar-refractivity contribution in [3.63, 3.8) is 0 Å². The number of ether oxygens (including phenoxy) is 4. The Labute approximate surface area is 239 Å². The van der Waals surface area contributed by atoms with Gasteiger partial charge in [0.15, 0.2) is 11.2 Å². The monoisotopic (exact) mass is 556 g/mol. The molecule has 8 nitrogen and oxygen atoms in total. The summed E-state index contributed by atoms with van der Waals surface area (Å²) >= 11 is 0. The molecule has 2 saturated heterocycles. The largest absolute Gasteiger partial charge is 0.481 e. The van der Waals surface area contributed by atoms with Crippen molar-refractivity contribution < 1.29 is 29.2 Å². The Morgan fingerprint density at radius 3 is 2.32 bits per heavy atom. The van der Waals surface area contributed by atoms with Crippen molar-refractivity contribution in [2.24, 2.45) is 11.3 Å². The molecule has 3 aliphatic heterocycles. The number of benzene rings is 2. The van der Waals surface area contributed by atoms with Gasteiger partial charge in [-0.25, -0.2) is 0 Å². The maximum absolute atomic E-state index is 13.1. The molecule has 0 bridgehead atoms. The minimum atomic E-state index is -1.83. The van der Waals surface area contributed by atoms with Crippen LogP contribution < -0.4 is 14.2 Å². The van der Waals surface area contributed by atoms with E-state index in [2.05, 4.69) is 46.3 Å². The third kappa shape index (κ3) is 3.45. The molecule has 5 aliphatic rings. The summed E-state index contributed by atoms with van der Waals surface area (Å²) in [5, 5.41) is 25.5. The van der Waals surface area contributed by atoms with Gasteiger partial charge >= 0.3 is 0 Å². The van der Waals surface area contributed by atoms with Crippen LogP contribution >= 0.6 is 0 Å². The summed E-state index contributed by atoms with van der Waals surface area (Å²) < 4.78 is 23.7. The van der Waals surface area contributed by atoms with Crippen LogP contribution in [0, 0.1) is 11.3 Å². The van der Waals surface area contributed by atoms with Gasteiger partial charge in [-0.3, -0.25) is 0 Å². The van der Waals surface area contributed by atoms with E-state index < -0.39 is 17.3 Å². The zero-order valence-electron chi connectivity index (χ0n) is 23.5. The van der Waals surface area contributed by atoms with Crippen molar-refractivity contribution in [2.45, 2.75) is 42.0 Å². The van der Waals surface area contributed by atoms with E-state index in [1.807, 2.05) is 18.2 Å². The molecule has 8 rings (SSSR count). The first-order valence-electron chi connectivity index (χ1n) is 14.6. The van der Waals surface area contributed by atoms with Gasteiger partial charge in [-0.15, -0.1) is 0 Å². The number of aliphatic hydroxyl groups is 2. The number of methoxy groups -OCH3 is 2. The molecule has 0 radical (unpaired) electrons.